The summed E-state index contributed by atoms with van der Waals surface area (Å²) in [7, 11) is 0. The fourth-order valence-electron chi connectivity index (χ4n) is 5.08. The topological polar surface area (TPSA) is 3.24 Å². The largest absolute Gasteiger partial charge is 0.310 e. The Balaban J connectivity index is 1.58. The highest BCUT2D eigenvalue weighted by Crippen LogP contribution is 2.43. The third kappa shape index (κ3) is 5.30. The Bertz CT molecular complexity index is 1630. The minimum absolute atomic E-state index is 1.12. The Morgan fingerprint density at radius 2 is 0.872 bits per heavy atom. The van der Waals surface area contributed by atoms with Crippen LogP contribution < -0.4 is 4.90 Å². The molecule has 1 heteroatoms. The molecule has 0 saturated carbocycles. The van der Waals surface area contributed by atoms with Crippen LogP contribution in [0.2, 0.25) is 0 Å². The lowest BCUT2D eigenvalue weighted by molar-refractivity contribution is 1.28. The first-order valence-electron chi connectivity index (χ1n) is 13.3. The SMILES string of the molecule is C(=C(/c1ccccc1)c1ccccc1-c1ccccc1N(c1ccccc1)c1ccccc1)/c1ccccc1. The molecule has 0 N–H and O–H groups in total. The van der Waals surface area contributed by atoms with E-state index in [1.54, 1.807) is 0 Å². The van der Waals surface area contributed by atoms with Crippen molar-refractivity contribution < 1.29 is 0 Å². The van der Waals surface area contributed by atoms with E-state index in [9.17, 15) is 0 Å². The molecule has 0 bridgehead atoms. The standard InChI is InChI=1S/C38H29N/c1-5-17-30(18-6-1)29-37(31-19-7-2-8-20-31)35-26-14-13-25-34(35)36-27-15-16-28-38(36)39(32-21-9-3-10-22-32)33-23-11-4-12-24-33/h1-29H/b37-29+. The number of nitrogens with zero attached hydrogens (tertiary/aromatic N) is 1. The molecular weight excluding hydrogens is 470 g/mol. The Hall–Kier alpha value is -5.14. The molecule has 0 unspecified atom stereocenters. The van der Waals surface area contributed by atoms with Crippen LogP contribution in [0.4, 0.5) is 17.1 Å². The second kappa shape index (κ2) is 11.5. The molecule has 0 amide bonds. The zero-order valence-electron chi connectivity index (χ0n) is 21.7. The summed E-state index contributed by atoms with van der Waals surface area (Å²) in [5, 5.41) is 0. The molecule has 0 aromatic heterocycles. The molecule has 6 rings (SSSR count). The summed E-state index contributed by atoms with van der Waals surface area (Å²) in [6.45, 7) is 0. The van der Waals surface area contributed by atoms with Gasteiger partial charge in [-0.15, -0.1) is 0 Å². The predicted molar refractivity (Wildman–Crippen MR) is 166 cm³/mol. The maximum atomic E-state index is 2.34. The second-order valence-corrected chi connectivity index (χ2v) is 9.40. The van der Waals surface area contributed by atoms with Crippen molar-refractivity contribution in [3.8, 4) is 11.1 Å². The molecule has 0 fully saturated rings. The van der Waals surface area contributed by atoms with Crippen LogP contribution in [-0.4, -0.2) is 0 Å². The molecular formula is C38H29N. The van der Waals surface area contributed by atoms with Crippen LogP contribution in [0.5, 0.6) is 0 Å². The Kier molecular flexibility index (Phi) is 7.14. The summed E-state index contributed by atoms with van der Waals surface area (Å²) in [5.41, 5.74) is 10.5. The highest BCUT2D eigenvalue weighted by Gasteiger charge is 2.19. The van der Waals surface area contributed by atoms with E-state index in [2.05, 4.69) is 181 Å². The summed E-state index contributed by atoms with van der Waals surface area (Å²) in [5.74, 6) is 0. The van der Waals surface area contributed by atoms with Crippen molar-refractivity contribution in [3.05, 3.63) is 187 Å². The number of benzene rings is 6. The van der Waals surface area contributed by atoms with E-state index in [1.807, 2.05) is 0 Å². The van der Waals surface area contributed by atoms with Crippen LogP contribution in [0, 0.1) is 0 Å². The maximum absolute atomic E-state index is 2.34. The molecule has 0 aliphatic carbocycles. The Labute approximate surface area is 231 Å². The fourth-order valence-corrected chi connectivity index (χ4v) is 5.08. The van der Waals surface area contributed by atoms with Crippen molar-refractivity contribution in [2.24, 2.45) is 0 Å². The van der Waals surface area contributed by atoms with Crippen LogP contribution in [0.1, 0.15) is 16.7 Å². The van der Waals surface area contributed by atoms with Gasteiger partial charge in [0.15, 0.2) is 0 Å². The lowest BCUT2D eigenvalue weighted by Crippen LogP contribution is -2.11. The van der Waals surface area contributed by atoms with Gasteiger partial charge in [0.05, 0.1) is 5.69 Å². The van der Waals surface area contributed by atoms with Gasteiger partial charge in [-0.2, -0.15) is 0 Å². The van der Waals surface area contributed by atoms with Gasteiger partial charge in [0.2, 0.25) is 0 Å². The summed E-state index contributed by atoms with van der Waals surface area (Å²) in [4.78, 5) is 2.34. The van der Waals surface area contributed by atoms with Gasteiger partial charge in [0.1, 0.15) is 0 Å². The number of hydrogen-bond acceptors (Lipinski definition) is 1. The summed E-state index contributed by atoms with van der Waals surface area (Å²) in [6, 6.07) is 59.9. The van der Waals surface area contributed by atoms with E-state index >= 15 is 0 Å². The van der Waals surface area contributed by atoms with Gasteiger partial charge in [-0.05, 0) is 64.2 Å². The average molecular weight is 500 g/mol. The van der Waals surface area contributed by atoms with Crippen LogP contribution in [0.25, 0.3) is 22.8 Å². The third-order valence-electron chi connectivity index (χ3n) is 6.88. The first-order chi connectivity index (χ1) is 19.4. The highest BCUT2D eigenvalue weighted by atomic mass is 15.1. The van der Waals surface area contributed by atoms with Crippen molar-refractivity contribution in [3.63, 3.8) is 0 Å². The first-order valence-corrected chi connectivity index (χ1v) is 13.3. The molecule has 1 nitrogen and oxygen atoms in total. The van der Waals surface area contributed by atoms with E-state index < -0.39 is 0 Å². The molecule has 0 saturated heterocycles. The Morgan fingerprint density at radius 1 is 0.410 bits per heavy atom. The van der Waals surface area contributed by atoms with Crippen molar-refractivity contribution in [2.75, 3.05) is 4.90 Å². The summed E-state index contributed by atoms with van der Waals surface area (Å²) in [6.07, 6.45) is 2.29. The molecule has 0 radical (unpaired) electrons. The van der Waals surface area contributed by atoms with Crippen molar-refractivity contribution in [1.82, 2.24) is 0 Å². The van der Waals surface area contributed by atoms with Gasteiger partial charge >= 0.3 is 0 Å². The molecule has 186 valence electrons. The lowest BCUT2D eigenvalue weighted by atomic mass is 9.88. The highest BCUT2D eigenvalue weighted by molar-refractivity contribution is 5.99. The van der Waals surface area contributed by atoms with Gasteiger partial charge in [0.25, 0.3) is 0 Å². The van der Waals surface area contributed by atoms with Crippen LogP contribution >= 0.6 is 0 Å². The van der Waals surface area contributed by atoms with Crippen molar-refractivity contribution >= 4 is 28.7 Å². The van der Waals surface area contributed by atoms with Crippen molar-refractivity contribution in [2.45, 2.75) is 0 Å². The van der Waals surface area contributed by atoms with E-state index in [-0.39, 0.29) is 0 Å². The maximum Gasteiger partial charge on any atom is 0.0540 e. The van der Waals surface area contributed by atoms with Crippen LogP contribution in [0.3, 0.4) is 0 Å². The third-order valence-corrected chi connectivity index (χ3v) is 6.88. The first kappa shape index (κ1) is 24.2. The van der Waals surface area contributed by atoms with Gasteiger partial charge < -0.3 is 4.90 Å². The van der Waals surface area contributed by atoms with Gasteiger partial charge in [0, 0.05) is 16.9 Å². The van der Waals surface area contributed by atoms with E-state index in [0.717, 1.165) is 17.1 Å². The molecule has 0 heterocycles. The summed E-state index contributed by atoms with van der Waals surface area (Å²) >= 11 is 0. The van der Waals surface area contributed by atoms with Crippen LogP contribution in [0.15, 0.2) is 170 Å². The Morgan fingerprint density at radius 3 is 1.49 bits per heavy atom. The second-order valence-electron chi connectivity index (χ2n) is 9.40. The average Bonchev–Trinajstić information content (AvgIpc) is 3.02. The predicted octanol–water partition coefficient (Wildman–Crippen LogP) is 10.4. The number of rotatable bonds is 7. The van der Waals surface area contributed by atoms with Gasteiger partial charge in [-0.1, -0.05) is 140 Å². The molecule has 0 atom stereocenters. The van der Waals surface area contributed by atoms with Crippen LogP contribution in [-0.2, 0) is 0 Å². The fraction of sp³-hybridized carbons (Fsp3) is 0. The number of para-hydroxylation sites is 3. The monoisotopic (exact) mass is 499 g/mol. The lowest BCUT2D eigenvalue weighted by Gasteiger charge is -2.28. The smallest absolute Gasteiger partial charge is 0.0540 e. The van der Waals surface area contributed by atoms with E-state index in [1.165, 1.54) is 33.4 Å². The summed E-state index contributed by atoms with van der Waals surface area (Å²) < 4.78 is 0. The quantitative estimate of drug-likeness (QED) is 0.197. The van der Waals surface area contributed by atoms with Crippen molar-refractivity contribution in [1.29, 1.82) is 0 Å². The molecule has 6 aromatic rings. The molecule has 0 aliphatic heterocycles. The normalized spacial score (nSPS) is 11.2. The molecule has 0 aliphatic rings. The molecule has 6 aromatic carbocycles. The number of hydrogen-bond donors (Lipinski definition) is 0. The van der Waals surface area contributed by atoms with E-state index in [4.69, 9.17) is 0 Å². The zero-order chi connectivity index (χ0) is 26.3. The van der Waals surface area contributed by atoms with Gasteiger partial charge in [-0.3, -0.25) is 0 Å². The van der Waals surface area contributed by atoms with Gasteiger partial charge in [-0.25, -0.2) is 0 Å². The number of anilines is 3. The minimum atomic E-state index is 1.12. The molecule has 39 heavy (non-hydrogen) atoms. The van der Waals surface area contributed by atoms with E-state index in [0.29, 0.717) is 0 Å². The molecule has 0 spiro atoms. The zero-order valence-corrected chi connectivity index (χ0v) is 21.7. The minimum Gasteiger partial charge on any atom is -0.310 e.